The Morgan fingerprint density at radius 3 is 2.54 bits per heavy atom. The molecular weight excluding hydrogens is 325 g/mol. The molecular formula is C16H17F3N2O3. The minimum Gasteiger partial charge on any atom is -0.396 e. The van der Waals surface area contributed by atoms with Crippen LogP contribution in [-0.4, -0.2) is 29.6 Å². The largest absolute Gasteiger partial charge is 0.416 e. The van der Waals surface area contributed by atoms with Crippen molar-refractivity contribution in [3.8, 4) is 0 Å². The smallest absolute Gasteiger partial charge is 0.396 e. The van der Waals surface area contributed by atoms with E-state index in [0.717, 1.165) is 12.1 Å². The van der Waals surface area contributed by atoms with Crippen LogP contribution < -0.4 is 10.6 Å². The standard InChI is InChI=1S/C16H17F3N2O3/c1-9-12(16(17,18)19)3-2-4-13(9)21-15(24)14(23)20-11-6-5-10(7-11)8-22/h2-6,10-11,22H,7-8H2,1H3,(H,20,23)(H,21,24)/t10-,11+/m0/s1. The van der Waals surface area contributed by atoms with Gasteiger partial charge in [-0.05, 0) is 31.0 Å². The molecule has 0 unspecified atom stereocenters. The highest BCUT2D eigenvalue weighted by molar-refractivity contribution is 6.39. The third-order valence-electron chi connectivity index (χ3n) is 3.82. The monoisotopic (exact) mass is 342 g/mol. The van der Waals surface area contributed by atoms with Gasteiger partial charge in [0.2, 0.25) is 0 Å². The number of hydrogen-bond acceptors (Lipinski definition) is 3. The molecule has 0 bridgehead atoms. The van der Waals surface area contributed by atoms with E-state index < -0.39 is 23.6 Å². The van der Waals surface area contributed by atoms with Crippen LogP contribution in [0.3, 0.4) is 0 Å². The summed E-state index contributed by atoms with van der Waals surface area (Å²) in [6, 6.07) is 2.98. The Morgan fingerprint density at radius 2 is 1.96 bits per heavy atom. The first kappa shape index (κ1) is 18.0. The second kappa shape index (κ2) is 7.04. The zero-order valence-corrected chi connectivity index (χ0v) is 12.9. The van der Waals surface area contributed by atoms with Gasteiger partial charge in [-0.25, -0.2) is 0 Å². The van der Waals surface area contributed by atoms with E-state index in [1.54, 1.807) is 12.2 Å². The van der Waals surface area contributed by atoms with Crippen LogP contribution in [0, 0.1) is 12.8 Å². The van der Waals surface area contributed by atoms with Gasteiger partial charge in [0.05, 0.1) is 5.56 Å². The number of rotatable bonds is 3. The molecule has 5 nitrogen and oxygen atoms in total. The van der Waals surface area contributed by atoms with Crippen molar-refractivity contribution in [2.45, 2.75) is 25.6 Å². The van der Waals surface area contributed by atoms with E-state index in [1.807, 2.05) is 0 Å². The van der Waals surface area contributed by atoms with Crippen molar-refractivity contribution in [2.75, 3.05) is 11.9 Å². The number of nitrogens with one attached hydrogen (secondary N) is 2. The molecule has 0 aromatic heterocycles. The highest BCUT2D eigenvalue weighted by Crippen LogP contribution is 2.34. The van der Waals surface area contributed by atoms with Crippen LogP contribution in [0.4, 0.5) is 18.9 Å². The molecule has 3 N–H and O–H groups in total. The van der Waals surface area contributed by atoms with Crippen LogP contribution in [0.1, 0.15) is 17.5 Å². The number of aliphatic hydroxyl groups excluding tert-OH is 1. The van der Waals surface area contributed by atoms with Crippen molar-refractivity contribution in [2.24, 2.45) is 5.92 Å². The molecule has 8 heteroatoms. The molecule has 0 aliphatic heterocycles. The third-order valence-corrected chi connectivity index (χ3v) is 3.82. The number of alkyl halides is 3. The summed E-state index contributed by atoms with van der Waals surface area (Å²) in [5, 5.41) is 13.7. The summed E-state index contributed by atoms with van der Waals surface area (Å²) in [5.74, 6) is -2.07. The fraction of sp³-hybridized carbons (Fsp3) is 0.375. The molecule has 24 heavy (non-hydrogen) atoms. The lowest BCUT2D eigenvalue weighted by Crippen LogP contribution is -2.40. The zero-order chi connectivity index (χ0) is 17.9. The Balaban J connectivity index is 2.02. The Morgan fingerprint density at radius 1 is 1.25 bits per heavy atom. The third kappa shape index (κ3) is 4.14. The normalized spacial score (nSPS) is 20.0. The first-order chi connectivity index (χ1) is 11.2. The van der Waals surface area contributed by atoms with Crippen molar-refractivity contribution >= 4 is 17.5 Å². The summed E-state index contributed by atoms with van der Waals surface area (Å²) in [5.41, 5.74) is -1.10. The van der Waals surface area contributed by atoms with E-state index >= 15 is 0 Å². The predicted molar refractivity (Wildman–Crippen MR) is 81.1 cm³/mol. The van der Waals surface area contributed by atoms with Crippen LogP contribution in [0.15, 0.2) is 30.4 Å². The molecule has 2 amide bonds. The average Bonchev–Trinajstić information content (AvgIpc) is 2.95. The van der Waals surface area contributed by atoms with E-state index in [4.69, 9.17) is 5.11 Å². The van der Waals surface area contributed by atoms with Crippen LogP contribution in [0.2, 0.25) is 0 Å². The van der Waals surface area contributed by atoms with Gasteiger partial charge in [0.25, 0.3) is 0 Å². The highest BCUT2D eigenvalue weighted by Gasteiger charge is 2.33. The number of carbonyl (C=O) groups is 2. The minimum absolute atomic E-state index is 0.0570. The molecule has 2 rings (SSSR count). The number of anilines is 1. The molecule has 1 aromatic carbocycles. The summed E-state index contributed by atoms with van der Waals surface area (Å²) >= 11 is 0. The predicted octanol–water partition coefficient (Wildman–Crippen LogP) is 2.01. The van der Waals surface area contributed by atoms with E-state index in [9.17, 15) is 22.8 Å². The van der Waals surface area contributed by atoms with E-state index in [-0.39, 0.29) is 29.8 Å². The molecule has 0 radical (unpaired) electrons. The number of benzene rings is 1. The topological polar surface area (TPSA) is 78.4 Å². The van der Waals surface area contributed by atoms with Crippen molar-refractivity contribution in [3.05, 3.63) is 41.5 Å². The van der Waals surface area contributed by atoms with Crippen molar-refractivity contribution in [1.29, 1.82) is 0 Å². The molecule has 1 aliphatic carbocycles. The number of aliphatic hydroxyl groups is 1. The lowest BCUT2D eigenvalue weighted by Gasteiger charge is -2.15. The molecule has 0 fully saturated rings. The van der Waals surface area contributed by atoms with Gasteiger partial charge in [-0.1, -0.05) is 18.2 Å². The van der Waals surface area contributed by atoms with Crippen LogP contribution in [0.25, 0.3) is 0 Å². The van der Waals surface area contributed by atoms with Crippen molar-refractivity contribution < 1.29 is 27.9 Å². The zero-order valence-electron chi connectivity index (χ0n) is 12.9. The summed E-state index contributed by atoms with van der Waals surface area (Å²) in [4.78, 5) is 23.7. The van der Waals surface area contributed by atoms with E-state index in [0.29, 0.717) is 6.42 Å². The maximum absolute atomic E-state index is 12.8. The minimum atomic E-state index is -4.54. The quantitative estimate of drug-likeness (QED) is 0.581. The van der Waals surface area contributed by atoms with Crippen LogP contribution in [0.5, 0.6) is 0 Å². The highest BCUT2D eigenvalue weighted by atomic mass is 19.4. The Hall–Kier alpha value is -2.35. The first-order valence-corrected chi connectivity index (χ1v) is 7.30. The number of hydrogen-bond donors (Lipinski definition) is 3. The second-order valence-corrected chi connectivity index (χ2v) is 5.57. The Labute approximate surface area is 136 Å². The number of carbonyl (C=O) groups excluding carboxylic acids is 2. The van der Waals surface area contributed by atoms with Gasteiger partial charge in [0, 0.05) is 24.3 Å². The van der Waals surface area contributed by atoms with Crippen LogP contribution in [-0.2, 0) is 15.8 Å². The Bertz CT molecular complexity index is 671. The lowest BCUT2D eigenvalue weighted by atomic mass is 10.1. The molecule has 0 heterocycles. The van der Waals surface area contributed by atoms with Gasteiger partial charge in [-0.3, -0.25) is 9.59 Å². The maximum atomic E-state index is 12.8. The first-order valence-electron chi connectivity index (χ1n) is 7.30. The second-order valence-electron chi connectivity index (χ2n) is 5.57. The van der Waals surface area contributed by atoms with Crippen molar-refractivity contribution in [3.63, 3.8) is 0 Å². The van der Waals surface area contributed by atoms with Gasteiger partial charge in [0.1, 0.15) is 0 Å². The molecule has 130 valence electrons. The fourth-order valence-corrected chi connectivity index (χ4v) is 2.51. The summed E-state index contributed by atoms with van der Waals surface area (Å²) in [7, 11) is 0. The molecule has 0 spiro atoms. The maximum Gasteiger partial charge on any atom is 0.416 e. The van der Waals surface area contributed by atoms with E-state index in [2.05, 4.69) is 10.6 Å². The summed E-state index contributed by atoms with van der Waals surface area (Å²) in [6.45, 7) is 1.17. The summed E-state index contributed by atoms with van der Waals surface area (Å²) in [6.07, 6.45) is -0.666. The fourth-order valence-electron chi connectivity index (χ4n) is 2.51. The van der Waals surface area contributed by atoms with E-state index in [1.165, 1.54) is 13.0 Å². The van der Waals surface area contributed by atoms with Gasteiger partial charge in [0.15, 0.2) is 0 Å². The number of amides is 2. The van der Waals surface area contributed by atoms with Crippen molar-refractivity contribution in [1.82, 2.24) is 5.32 Å². The number of halogens is 3. The average molecular weight is 342 g/mol. The molecule has 0 saturated carbocycles. The molecule has 0 saturated heterocycles. The van der Waals surface area contributed by atoms with Crippen LogP contribution >= 0.6 is 0 Å². The molecule has 2 atom stereocenters. The summed E-state index contributed by atoms with van der Waals surface area (Å²) < 4.78 is 38.5. The molecule has 1 aromatic rings. The van der Waals surface area contributed by atoms with Gasteiger partial charge in [-0.2, -0.15) is 13.2 Å². The van der Waals surface area contributed by atoms with Gasteiger partial charge < -0.3 is 15.7 Å². The van der Waals surface area contributed by atoms with Gasteiger partial charge in [-0.15, -0.1) is 0 Å². The van der Waals surface area contributed by atoms with Gasteiger partial charge >= 0.3 is 18.0 Å². The lowest BCUT2D eigenvalue weighted by molar-refractivity contribution is -0.138. The Kier molecular flexibility index (Phi) is 5.28. The SMILES string of the molecule is Cc1c(NC(=O)C(=O)N[C@@H]2C=C[C@H](CO)C2)cccc1C(F)(F)F. The molecule has 1 aliphatic rings.